The molecule has 0 aromatic heterocycles. The fraction of sp³-hybridized carbons (Fsp3) is 0.929. The van der Waals surface area contributed by atoms with E-state index in [-0.39, 0.29) is 7.92 Å². The quantitative estimate of drug-likeness (QED) is 0.314. The third kappa shape index (κ3) is 2.62. The van der Waals surface area contributed by atoms with Crippen molar-refractivity contribution in [3.05, 3.63) is 0 Å². The lowest BCUT2D eigenvalue weighted by Crippen LogP contribution is -2.61. The molecule has 2 saturated heterocycles. The summed E-state index contributed by atoms with van der Waals surface area (Å²) in [5.74, 6) is 10.8. The third-order valence-electron chi connectivity index (χ3n) is 11.6. The van der Waals surface area contributed by atoms with E-state index >= 15 is 0 Å². The van der Waals surface area contributed by atoms with Crippen LogP contribution in [-0.4, -0.2) is 30.2 Å². The van der Waals surface area contributed by atoms with Gasteiger partial charge in [0.2, 0.25) is 0 Å². The molecular formula is C28H45OP. The van der Waals surface area contributed by atoms with Gasteiger partial charge in [0.15, 0.2) is 0 Å². The molecule has 3 aliphatic carbocycles. The summed E-state index contributed by atoms with van der Waals surface area (Å²) in [6.07, 6.45) is 13.2. The number of hydrogen-bond acceptors (Lipinski definition) is 1. The van der Waals surface area contributed by atoms with Gasteiger partial charge in [-0.15, -0.1) is 5.92 Å². The van der Waals surface area contributed by atoms with Crippen LogP contribution in [0.25, 0.3) is 0 Å². The van der Waals surface area contributed by atoms with Crippen molar-refractivity contribution in [3.63, 3.8) is 0 Å². The Bertz CT molecular complexity index is 762. The number of ether oxygens (including phenoxy) is 1. The van der Waals surface area contributed by atoms with E-state index in [2.05, 4.69) is 53.4 Å². The zero-order valence-corrected chi connectivity index (χ0v) is 21.6. The summed E-state index contributed by atoms with van der Waals surface area (Å²) >= 11 is 0. The van der Waals surface area contributed by atoms with Crippen LogP contribution in [0.1, 0.15) is 92.9 Å². The van der Waals surface area contributed by atoms with Gasteiger partial charge < -0.3 is 4.74 Å². The standard InChI is InChI=1S/C28H45OP/c1-8-14-28-17-11-19(2)24(28)20-9-10-22-26(5)15-13-23(29-7)25(3,4)21(26)12-16-27(22,6)30(20)18-28/h19-24H,9-13,15-18H2,1-7H3. The molecule has 0 N–H and O–H groups in total. The number of fused-ring (bicyclic) bond motifs is 7. The highest BCUT2D eigenvalue weighted by molar-refractivity contribution is 7.60. The first-order valence-electron chi connectivity index (χ1n) is 12.9. The van der Waals surface area contributed by atoms with Crippen LogP contribution in [0.15, 0.2) is 0 Å². The first-order chi connectivity index (χ1) is 14.1. The minimum absolute atomic E-state index is 0.0775. The Morgan fingerprint density at radius 2 is 1.67 bits per heavy atom. The summed E-state index contributed by atoms with van der Waals surface area (Å²) in [5, 5.41) is 0.589. The molecular weight excluding hydrogens is 383 g/mol. The van der Waals surface area contributed by atoms with Crippen LogP contribution in [0, 0.1) is 51.8 Å². The Morgan fingerprint density at radius 1 is 0.900 bits per heavy atom. The first-order valence-corrected chi connectivity index (χ1v) is 14.5. The van der Waals surface area contributed by atoms with Gasteiger partial charge >= 0.3 is 0 Å². The van der Waals surface area contributed by atoms with Gasteiger partial charge in [-0.2, -0.15) is 0 Å². The van der Waals surface area contributed by atoms with Gasteiger partial charge in [-0.25, -0.2) is 0 Å². The van der Waals surface area contributed by atoms with Gasteiger partial charge in [-0.3, -0.25) is 0 Å². The molecule has 5 fully saturated rings. The van der Waals surface area contributed by atoms with Gasteiger partial charge in [-0.05, 0) is 110 Å². The Hall–Kier alpha value is -0.0500. The van der Waals surface area contributed by atoms with E-state index in [1.807, 2.05) is 7.11 Å². The summed E-state index contributed by atoms with van der Waals surface area (Å²) in [6.45, 7) is 15.2. The number of hydrogen-bond donors (Lipinski definition) is 0. The molecule has 2 aliphatic heterocycles. The maximum absolute atomic E-state index is 6.02. The lowest BCUT2D eigenvalue weighted by molar-refractivity contribution is -0.156. The molecule has 0 spiro atoms. The third-order valence-corrected chi connectivity index (χ3v) is 15.7. The molecule has 0 aromatic rings. The summed E-state index contributed by atoms with van der Waals surface area (Å²) in [6, 6.07) is 0. The van der Waals surface area contributed by atoms with E-state index in [4.69, 9.17) is 4.74 Å². The van der Waals surface area contributed by atoms with Crippen LogP contribution in [0.4, 0.5) is 0 Å². The molecule has 0 amide bonds. The van der Waals surface area contributed by atoms with Crippen molar-refractivity contribution >= 4 is 7.92 Å². The van der Waals surface area contributed by atoms with Crippen LogP contribution in [0.3, 0.4) is 0 Å². The number of methoxy groups -OCH3 is 1. The minimum Gasteiger partial charge on any atom is -0.381 e. The van der Waals surface area contributed by atoms with E-state index in [1.54, 1.807) is 0 Å². The Balaban J connectivity index is 1.51. The van der Waals surface area contributed by atoms with Crippen molar-refractivity contribution in [2.24, 2.45) is 39.9 Å². The topological polar surface area (TPSA) is 9.23 Å². The molecule has 5 aliphatic rings. The van der Waals surface area contributed by atoms with Gasteiger partial charge in [0, 0.05) is 12.5 Å². The van der Waals surface area contributed by atoms with E-state index < -0.39 is 0 Å². The highest BCUT2D eigenvalue weighted by Gasteiger charge is 2.68. The lowest BCUT2D eigenvalue weighted by Gasteiger charge is -2.67. The molecule has 30 heavy (non-hydrogen) atoms. The smallest absolute Gasteiger partial charge is 0.0625 e. The zero-order chi connectivity index (χ0) is 21.5. The van der Waals surface area contributed by atoms with Crippen molar-refractivity contribution in [3.8, 4) is 11.8 Å². The average molecular weight is 429 g/mol. The molecule has 0 radical (unpaired) electrons. The van der Waals surface area contributed by atoms with Gasteiger partial charge in [0.05, 0.1) is 6.10 Å². The second-order valence-corrected chi connectivity index (χ2v) is 15.9. The molecule has 3 saturated carbocycles. The van der Waals surface area contributed by atoms with E-state index in [9.17, 15) is 0 Å². The molecule has 5 rings (SSSR count). The molecule has 168 valence electrons. The SMILES string of the molecule is CC#CC12CCC(C)C1C1CCC3C4(C)CCC(OC)C(C)(C)C4CCC3(C)P1C2. The normalized spacial score (nSPS) is 56.2. The van der Waals surface area contributed by atoms with E-state index in [1.165, 1.54) is 57.5 Å². The van der Waals surface area contributed by atoms with E-state index in [0.29, 0.717) is 27.5 Å². The van der Waals surface area contributed by atoms with Crippen LogP contribution in [-0.2, 0) is 4.74 Å². The zero-order valence-electron chi connectivity index (χ0n) is 20.7. The van der Waals surface area contributed by atoms with Crippen molar-refractivity contribution in [1.82, 2.24) is 0 Å². The Kier molecular flexibility index (Phi) is 5.06. The second-order valence-electron chi connectivity index (χ2n) is 12.9. The van der Waals surface area contributed by atoms with Crippen molar-refractivity contribution in [1.29, 1.82) is 0 Å². The maximum atomic E-state index is 6.02. The van der Waals surface area contributed by atoms with Crippen LogP contribution < -0.4 is 0 Å². The molecule has 0 bridgehead atoms. The molecule has 0 aromatic carbocycles. The molecule has 10 atom stereocenters. The maximum Gasteiger partial charge on any atom is 0.0625 e. The molecule has 2 heterocycles. The fourth-order valence-electron chi connectivity index (χ4n) is 10.5. The molecule has 1 nitrogen and oxygen atoms in total. The largest absolute Gasteiger partial charge is 0.381 e. The van der Waals surface area contributed by atoms with Crippen LogP contribution >= 0.6 is 7.92 Å². The summed E-state index contributed by atoms with van der Waals surface area (Å²) in [5.41, 5.74) is 2.20. The fourth-order valence-corrected chi connectivity index (χ4v) is 15.6. The van der Waals surface area contributed by atoms with Gasteiger partial charge in [0.25, 0.3) is 0 Å². The van der Waals surface area contributed by atoms with Gasteiger partial charge in [-0.1, -0.05) is 48.5 Å². The summed E-state index contributed by atoms with van der Waals surface area (Å²) < 4.78 is 6.02. The predicted molar refractivity (Wildman–Crippen MR) is 129 cm³/mol. The lowest BCUT2D eigenvalue weighted by atomic mass is 9.45. The predicted octanol–water partition coefficient (Wildman–Crippen LogP) is 7.33. The van der Waals surface area contributed by atoms with Gasteiger partial charge in [0.1, 0.15) is 0 Å². The second kappa shape index (κ2) is 6.97. The van der Waals surface area contributed by atoms with Crippen LogP contribution in [0.5, 0.6) is 0 Å². The van der Waals surface area contributed by atoms with Crippen molar-refractivity contribution in [2.75, 3.05) is 13.3 Å². The monoisotopic (exact) mass is 428 g/mol. The molecule has 2 heteroatoms. The molecule has 10 unspecified atom stereocenters. The van der Waals surface area contributed by atoms with Crippen LogP contribution in [0.2, 0.25) is 0 Å². The van der Waals surface area contributed by atoms with Crippen molar-refractivity contribution in [2.45, 2.75) is 110 Å². The first kappa shape index (κ1) is 21.8. The minimum atomic E-state index is 0.0775. The summed E-state index contributed by atoms with van der Waals surface area (Å²) in [7, 11) is 2.03. The Labute approximate surface area is 187 Å². The number of rotatable bonds is 1. The average Bonchev–Trinajstić information content (AvgIpc) is 3.17. The highest BCUT2D eigenvalue weighted by Crippen LogP contribution is 2.81. The van der Waals surface area contributed by atoms with Crippen molar-refractivity contribution < 1.29 is 4.74 Å². The Morgan fingerprint density at radius 3 is 2.37 bits per heavy atom. The summed E-state index contributed by atoms with van der Waals surface area (Å²) in [4.78, 5) is 0. The van der Waals surface area contributed by atoms with E-state index in [0.717, 1.165) is 29.3 Å². The highest BCUT2D eigenvalue weighted by atomic mass is 31.1.